The van der Waals surface area contributed by atoms with Gasteiger partial charge in [-0.25, -0.2) is 4.39 Å². The van der Waals surface area contributed by atoms with Gasteiger partial charge in [-0.05, 0) is 30.5 Å². The van der Waals surface area contributed by atoms with Crippen molar-refractivity contribution >= 4 is 5.91 Å². The molecule has 1 unspecified atom stereocenters. The van der Waals surface area contributed by atoms with Crippen molar-refractivity contribution in [1.82, 2.24) is 5.32 Å². The molecular formula is C14H20FNO3. The SMILES string of the molecule is CC(C)CNC(=O)C(C)Oc1cc(F)cc(CO)c1. The van der Waals surface area contributed by atoms with Crippen molar-refractivity contribution in [2.75, 3.05) is 6.54 Å². The monoisotopic (exact) mass is 269 g/mol. The topological polar surface area (TPSA) is 58.6 Å². The van der Waals surface area contributed by atoms with Crippen molar-refractivity contribution in [3.05, 3.63) is 29.6 Å². The Labute approximate surface area is 112 Å². The standard InChI is InChI=1S/C14H20FNO3/c1-9(2)7-16-14(18)10(3)19-13-5-11(8-17)4-12(15)6-13/h4-6,9-10,17H,7-8H2,1-3H3,(H,16,18). The van der Waals surface area contributed by atoms with E-state index in [9.17, 15) is 9.18 Å². The average Bonchev–Trinajstić information content (AvgIpc) is 2.34. The minimum atomic E-state index is -0.716. The highest BCUT2D eigenvalue weighted by molar-refractivity contribution is 5.80. The van der Waals surface area contributed by atoms with Gasteiger partial charge in [-0.2, -0.15) is 0 Å². The third-order valence-electron chi connectivity index (χ3n) is 2.48. The lowest BCUT2D eigenvalue weighted by atomic mass is 10.2. The number of nitrogens with one attached hydrogen (secondary N) is 1. The molecule has 0 spiro atoms. The minimum absolute atomic E-state index is 0.233. The van der Waals surface area contributed by atoms with E-state index in [2.05, 4.69) is 5.32 Å². The number of amides is 1. The largest absolute Gasteiger partial charge is 0.481 e. The summed E-state index contributed by atoms with van der Waals surface area (Å²) >= 11 is 0. The van der Waals surface area contributed by atoms with Crippen LogP contribution in [0, 0.1) is 11.7 Å². The van der Waals surface area contributed by atoms with E-state index >= 15 is 0 Å². The van der Waals surface area contributed by atoms with E-state index in [0.29, 0.717) is 18.0 Å². The van der Waals surface area contributed by atoms with Gasteiger partial charge in [0.15, 0.2) is 6.10 Å². The smallest absolute Gasteiger partial charge is 0.260 e. The van der Waals surface area contributed by atoms with Gasteiger partial charge in [-0.15, -0.1) is 0 Å². The number of hydrogen-bond acceptors (Lipinski definition) is 3. The zero-order valence-electron chi connectivity index (χ0n) is 11.4. The quantitative estimate of drug-likeness (QED) is 0.828. The van der Waals surface area contributed by atoms with Crippen LogP contribution < -0.4 is 10.1 Å². The number of ether oxygens (including phenoxy) is 1. The normalized spacial score (nSPS) is 12.3. The summed E-state index contributed by atoms with van der Waals surface area (Å²) in [6.07, 6.45) is -0.716. The van der Waals surface area contributed by atoms with Crippen molar-refractivity contribution in [2.45, 2.75) is 33.5 Å². The second kappa shape index (κ2) is 7.09. The van der Waals surface area contributed by atoms with E-state index in [1.165, 1.54) is 18.2 Å². The van der Waals surface area contributed by atoms with Gasteiger partial charge in [0, 0.05) is 12.6 Å². The first-order valence-corrected chi connectivity index (χ1v) is 6.27. The van der Waals surface area contributed by atoms with Crippen LogP contribution in [0.4, 0.5) is 4.39 Å². The molecule has 0 aliphatic carbocycles. The molecule has 0 heterocycles. The summed E-state index contributed by atoms with van der Waals surface area (Å²) in [5, 5.41) is 11.7. The number of aliphatic hydroxyl groups is 1. The van der Waals surface area contributed by atoms with Crippen LogP contribution in [0.1, 0.15) is 26.3 Å². The Balaban J connectivity index is 2.63. The minimum Gasteiger partial charge on any atom is -0.481 e. The maximum absolute atomic E-state index is 13.2. The van der Waals surface area contributed by atoms with Crippen LogP contribution in [0.3, 0.4) is 0 Å². The first kappa shape index (κ1) is 15.4. The molecule has 1 rings (SSSR count). The van der Waals surface area contributed by atoms with Crippen LogP contribution in [0.2, 0.25) is 0 Å². The van der Waals surface area contributed by atoms with Crippen molar-refractivity contribution in [3.63, 3.8) is 0 Å². The number of aliphatic hydroxyl groups excluding tert-OH is 1. The van der Waals surface area contributed by atoms with Crippen LogP contribution in [0.25, 0.3) is 0 Å². The number of carbonyl (C=O) groups excluding carboxylic acids is 1. The molecule has 1 aromatic rings. The molecule has 0 aliphatic heterocycles. The summed E-state index contributed by atoms with van der Waals surface area (Å²) in [5.74, 6) is -0.164. The molecule has 0 radical (unpaired) electrons. The molecule has 1 aromatic carbocycles. The molecule has 0 saturated carbocycles. The molecule has 0 saturated heterocycles. The fourth-order valence-corrected chi connectivity index (χ4v) is 1.49. The van der Waals surface area contributed by atoms with Crippen LogP contribution in [-0.2, 0) is 11.4 Å². The highest BCUT2D eigenvalue weighted by atomic mass is 19.1. The highest BCUT2D eigenvalue weighted by Gasteiger charge is 2.15. The number of carbonyl (C=O) groups is 1. The Morgan fingerprint density at radius 3 is 2.63 bits per heavy atom. The summed E-state index contributed by atoms with van der Waals surface area (Å²) in [4.78, 5) is 11.7. The fourth-order valence-electron chi connectivity index (χ4n) is 1.49. The zero-order valence-corrected chi connectivity index (χ0v) is 11.4. The van der Waals surface area contributed by atoms with Gasteiger partial charge in [-0.3, -0.25) is 4.79 Å². The third-order valence-corrected chi connectivity index (χ3v) is 2.48. The van der Waals surface area contributed by atoms with Crippen LogP contribution in [0.15, 0.2) is 18.2 Å². The second-order valence-corrected chi connectivity index (χ2v) is 4.85. The Bertz CT molecular complexity index is 435. The Morgan fingerprint density at radius 2 is 2.05 bits per heavy atom. The Kier molecular flexibility index (Phi) is 5.76. The lowest BCUT2D eigenvalue weighted by Crippen LogP contribution is -2.38. The van der Waals surface area contributed by atoms with Gasteiger partial charge in [0.05, 0.1) is 6.61 Å². The highest BCUT2D eigenvalue weighted by Crippen LogP contribution is 2.17. The van der Waals surface area contributed by atoms with Gasteiger partial charge in [-0.1, -0.05) is 13.8 Å². The molecular weight excluding hydrogens is 249 g/mol. The maximum Gasteiger partial charge on any atom is 0.260 e. The number of halogens is 1. The molecule has 0 aliphatic rings. The van der Waals surface area contributed by atoms with Gasteiger partial charge in [0.1, 0.15) is 11.6 Å². The van der Waals surface area contributed by atoms with Gasteiger partial charge in [0.25, 0.3) is 5.91 Å². The lowest BCUT2D eigenvalue weighted by molar-refractivity contribution is -0.127. The molecule has 19 heavy (non-hydrogen) atoms. The summed E-state index contributed by atoms with van der Waals surface area (Å²) in [6.45, 7) is 5.87. The van der Waals surface area contributed by atoms with E-state index in [0.717, 1.165) is 0 Å². The summed E-state index contributed by atoms with van der Waals surface area (Å²) in [6, 6.07) is 3.91. The third kappa shape index (κ3) is 5.26. The average molecular weight is 269 g/mol. The van der Waals surface area contributed by atoms with Crippen molar-refractivity contribution in [1.29, 1.82) is 0 Å². The fraction of sp³-hybridized carbons (Fsp3) is 0.500. The number of hydrogen-bond donors (Lipinski definition) is 2. The second-order valence-electron chi connectivity index (χ2n) is 4.85. The predicted octanol–water partition coefficient (Wildman–Crippen LogP) is 1.86. The number of benzene rings is 1. The molecule has 1 amide bonds. The lowest BCUT2D eigenvalue weighted by Gasteiger charge is -2.16. The van der Waals surface area contributed by atoms with E-state index in [1.807, 2.05) is 13.8 Å². The van der Waals surface area contributed by atoms with E-state index in [-0.39, 0.29) is 18.3 Å². The first-order valence-electron chi connectivity index (χ1n) is 6.27. The summed E-state index contributed by atoms with van der Waals surface area (Å²) in [5.41, 5.74) is 0.407. The van der Waals surface area contributed by atoms with E-state index < -0.39 is 11.9 Å². The molecule has 4 nitrogen and oxygen atoms in total. The van der Waals surface area contributed by atoms with Crippen molar-refractivity contribution < 1.29 is 19.0 Å². The summed E-state index contributed by atoms with van der Waals surface area (Å²) in [7, 11) is 0. The van der Waals surface area contributed by atoms with Crippen LogP contribution in [0.5, 0.6) is 5.75 Å². The summed E-state index contributed by atoms with van der Waals surface area (Å²) < 4.78 is 18.6. The van der Waals surface area contributed by atoms with Crippen LogP contribution >= 0.6 is 0 Å². The van der Waals surface area contributed by atoms with Crippen molar-refractivity contribution in [2.24, 2.45) is 5.92 Å². The molecule has 0 aromatic heterocycles. The predicted molar refractivity (Wildman–Crippen MR) is 70.3 cm³/mol. The van der Waals surface area contributed by atoms with Gasteiger partial charge >= 0.3 is 0 Å². The molecule has 5 heteroatoms. The Hall–Kier alpha value is -1.62. The van der Waals surface area contributed by atoms with Gasteiger partial charge in [0.2, 0.25) is 0 Å². The molecule has 1 atom stereocenters. The molecule has 0 fully saturated rings. The molecule has 0 bridgehead atoms. The van der Waals surface area contributed by atoms with Crippen molar-refractivity contribution in [3.8, 4) is 5.75 Å². The Morgan fingerprint density at radius 1 is 1.37 bits per heavy atom. The zero-order chi connectivity index (χ0) is 14.4. The van der Waals surface area contributed by atoms with Gasteiger partial charge < -0.3 is 15.2 Å². The number of rotatable bonds is 6. The van der Waals surface area contributed by atoms with Crippen LogP contribution in [-0.4, -0.2) is 23.7 Å². The molecule has 2 N–H and O–H groups in total. The molecule has 106 valence electrons. The maximum atomic E-state index is 13.2. The van der Waals surface area contributed by atoms with E-state index in [1.54, 1.807) is 6.92 Å². The van der Waals surface area contributed by atoms with E-state index in [4.69, 9.17) is 9.84 Å². The first-order chi connectivity index (χ1) is 8.92.